The first-order valence-corrected chi connectivity index (χ1v) is 8.24. The molecular weight excluding hydrogens is 258 g/mol. The van der Waals surface area contributed by atoms with Crippen LogP contribution in [0.2, 0.25) is 0 Å². The van der Waals surface area contributed by atoms with Gasteiger partial charge in [0.2, 0.25) is 0 Å². The van der Waals surface area contributed by atoms with Crippen molar-refractivity contribution in [2.24, 2.45) is 0 Å². The van der Waals surface area contributed by atoms with Crippen molar-refractivity contribution in [3.63, 3.8) is 0 Å². The first-order chi connectivity index (χ1) is 9.38. The Kier molecular flexibility index (Phi) is 4.48. The second kappa shape index (κ2) is 6.31. The Morgan fingerprint density at radius 2 is 2.37 bits per heavy atom. The van der Waals surface area contributed by atoms with Crippen LogP contribution < -0.4 is 5.32 Å². The summed E-state index contributed by atoms with van der Waals surface area (Å²) in [6.07, 6.45) is 2.28. The molecule has 0 bridgehead atoms. The van der Waals surface area contributed by atoms with E-state index < -0.39 is 0 Å². The van der Waals surface area contributed by atoms with E-state index in [-0.39, 0.29) is 0 Å². The highest BCUT2D eigenvalue weighted by Crippen LogP contribution is 2.32. The van der Waals surface area contributed by atoms with E-state index in [1.807, 2.05) is 11.3 Å². The van der Waals surface area contributed by atoms with E-state index in [4.69, 9.17) is 9.72 Å². The highest BCUT2D eigenvalue weighted by molar-refractivity contribution is 7.09. The Morgan fingerprint density at radius 3 is 3.05 bits per heavy atom. The quantitative estimate of drug-likeness (QED) is 0.916. The first kappa shape index (κ1) is 13.5. The summed E-state index contributed by atoms with van der Waals surface area (Å²) in [7, 11) is 0. The molecule has 1 aromatic rings. The van der Waals surface area contributed by atoms with Crippen LogP contribution in [0.25, 0.3) is 0 Å². The third-order valence-electron chi connectivity index (χ3n) is 4.15. The van der Waals surface area contributed by atoms with Gasteiger partial charge in [-0.2, -0.15) is 0 Å². The molecule has 0 aliphatic carbocycles. The second-order valence-corrected chi connectivity index (χ2v) is 6.27. The van der Waals surface area contributed by atoms with Crippen LogP contribution in [-0.4, -0.2) is 49.3 Å². The average Bonchev–Trinajstić information content (AvgIpc) is 3.11. The molecular formula is C14H23N3OS. The SMILES string of the molecule is CCC(c1nc(C2CCOC2)cs1)N1CCNCC1. The molecule has 2 unspecified atom stereocenters. The number of nitrogens with zero attached hydrogens (tertiary/aromatic N) is 2. The number of thiazole rings is 1. The molecule has 3 rings (SSSR count). The molecule has 2 aliphatic rings. The minimum absolute atomic E-state index is 0.503. The van der Waals surface area contributed by atoms with E-state index in [9.17, 15) is 0 Å². The van der Waals surface area contributed by atoms with Crippen LogP contribution in [0, 0.1) is 0 Å². The summed E-state index contributed by atoms with van der Waals surface area (Å²) in [5.74, 6) is 0.533. The lowest BCUT2D eigenvalue weighted by Crippen LogP contribution is -2.45. The maximum absolute atomic E-state index is 5.47. The molecule has 106 valence electrons. The number of hydrogen-bond acceptors (Lipinski definition) is 5. The minimum atomic E-state index is 0.503. The lowest BCUT2D eigenvalue weighted by Gasteiger charge is -2.33. The van der Waals surface area contributed by atoms with Crippen LogP contribution in [0.1, 0.15) is 42.4 Å². The zero-order valence-electron chi connectivity index (χ0n) is 11.6. The number of nitrogens with one attached hydrogen (secondary N) is 1. The molecule has 2 saturated heterocycles. The second-order valence-electron chi connectivity index (χ2n) is 5.38. The molecule has 0 amide bonds. The van der Waals surface area contributed by atoms with Crippen molar-refractivity contribution < 1.29 is 4.74 Å². The predicted molar refractivity (Wildman–Crippen MR) is 77.8 cm³/mol. The Labute approximate surface area is 119 Å². The fraction of sp³-hybridized carbons (Fsp3) is 0.786. The molecule has 4 nitrogen and oxygen atoms in total. The molecule has 5 heteroatoms. The highest BCUT2D eigenvalue weighted by Gasteiger charge is 2.26. The topological polar surface area (TPSA) is 37.4 Å². The fourth-order valence-corrected chi connectivity index (χ4v) is 4.11. The summed E-state index contributed by atoms with van der Waals surface area (Å²) in [5, 5.41) is 6.97. The van der Waals surface area contributed by atoms with Gasteiger partial charge in [-0.1, -0.05) is 6.92 Å². The molecule has 1 aromatic heterocycles. The van der Waals surface area contributed by atoms with Crippen LogP contribution >= 0.6 is 11.3 Å². The van der Waals surface area contributed by atoms with Gasteiger partial charge in [0.1, 0.15) is 5.01 Å². The van der Waals surface area contributed by atoms with Gasteiger partial charge in [-0.05, 0) is 12.8 Å². The fourth-order valence-electron chi connectivity index (χ4n) is 2.99. The van der Waals surface area contributed by atoms with Gasteiger partial charge in [0.15, 0.2) is 0 Å². The summed E-state index contributed by atoms with van der Waals surface area (Å²) in [4.78, 5) is 7.49. The maximum Gasteiger partial charge on any atom is 0.110 e. The zero-order valence-corrected chi connectivity index (χ0v) is 12.4. The van der Waals surface area contributed by atoms with Crippen LogP contribution in [-0.2, 0) is 4.74 Å². The highest BCUT2D eigenvalue weighted by atomic mass is 32.1. The molecule has 2 fully saturated rings. The van der Waals surface area contributed by atoms with Crippen molar-refractivity contribution >= 4 is 11.3 Å². The third kappa shape index (κ3) is 2.99. The molecule has 0 aromatic carbocycles. The van der Waals surface area contributed by atoms with Crippen molar-refractivity contribution in [1.82, 2.24) is 15.2 Å². The Hall–Kier alpha value is -0.490. The Balaban J connectivity index is 1.71. The van der Waals surface area contributed by atoms with Crippen LogP contribution in [0.3, 0.4) is 0 Å². The van der Waals surface area contributed by atoms with Crippen molar-refractivity contribution in [3.8, 4) is 0 Å². The van der Waals surface area contributed by atoms with E-state index in [1.54, 1.807) is 0 Å². The van der Waals surface area contributed by atoms with Crippen LogP contribution in [0.4, 0.5) is 0 Å². The van der Waals surface area contributed by atoms with Gasteiger partial charge in [-0.15, -0.1) is 11.3 Å². The number of piperazine rings is 1. The predicted octanol–water partition coefficient (Wildman–Crippen LogP) is 2.00. The molecule has 2 atom stereocenters. The molecule has 0 saturated carbocycles. The smallest absolute Gasteiger partial charge is 0.110 e. The Morgan fingerprint density at radius 1 is 1.53 bits per heavy atom. The van der Waals surface area contributed by atoms with Gasteiger partial charge in [0, 0.05) is 44.1 Å². The van der Waals surface area contributed by atoms with Gasteiger partial charge >= 0.3 is 0 Å². The maximum atomic E-state index is 5.47. The third-order valence-corrected chi connectivity index (χ3v) is 5.12. The van der Waals surface area contributed by atoms with E-state index in [2.05, 4.69) is 22.5 Å². The summed E-state index contributed by atoms with van der Waals surface area (Å²) in [5.41, 5.74) is 1.26. The minimum Gasteiger partial charge on any atom is -0.381 e. The summed E-state index contributed by atoms with van der Waals surface area (Å²) < 4.78 is 5.47. The van der Waals surface area contributed by atoms with Crippen molar-refractivity contribution in [2.75, 3.05) is 39.4 Å². The molecule has 0 radical (unpaired) electrons. The zero-order chi connectivity index (χ0) is 13.1. The first-order valence-electron chi connectivity index (χ1n) is 7.36. The van der Waals surface area contributed by atoms with Gasteiger partial charge in [-0.25, -0.2) is 4.98 Å². The normalized spacial score (nSPS) is 26.7. The summed E-state index contributed by atoms with van der Waals surface area (Å²) >= 11 is 1.83. The van der Waals surface area contributed by atoms with Gasteiger partial charge in [-0.3, -0.25) is 4.90 Å². The Bertz CT molecular complexity index is 397. The lowest BCUT2D eigenvalue weighted by atomic mass is 10.1. The summed E-state index contributed by atoms with van der Waals surface area (Å²) in [6.45, 7) is 8.50. The molecule has 2 aliphatic heterocycles. The van der Waals surface area contributed by atoms with E-state index in [0.29, 0.717) is 12.0 Å². The van der Waals surface area contributed by atoms with Crippen LogP contribution in [0.15, 0.2) is 5.38 Å². The number of aromatic nitrogens is 1. The van der Waals surface area contributed by atoms with Crippen LogP contribution in [0.5, 0.6) is 0 Å². The average molecular weight is 281 g/mol. The van der Waals surface area contributed by atoms with E-state index in [1.165, 1.54) is 10.7 Å². The number of rotatable bonds is 4. The van der Waals surface area contributed by atoms with E-state index >= 15 is 0 Å². The molecule has 19 heavy (non-hydrogen) atoms. The van der Waals surface area contributed by atoms with Gasteiger partial charge in [0.25, 0.3) is 0 Å². The largest absolute Gasteiger partial charge is 0.381 e. The van der Waals surface area contributed by atoms with Crippen molar-refractivity contribution in [2.45, 2.75) is 31.7 Å². The van der Waals surface area contributed by atoms with Gasteiger partial charge in [0.05, 0.1) is 18.3 Å². The van der Waals surface area contributed by atoms with E-state index in [0.717, 1.165) is 52.2 Å². The standard InChI is InChI=1S/C14H23N3OS/c1-2-13(17-6-4-15-5-7-17)14-16-12(10-19-14)11-3-8-18-9-11/h10-11,13,15H,2-9H2,1H3. The molecule has 0 spiro atoms. The summed E-state index contributed by atoms with van der Waals surface area (Å²) in [6, 6.07) is 0.503. The van der Waals surface area contributed by atoms with Crippen molar-refractivity contribution in [1.29, 1.82) is 0 Å². The monoisotopic (exact) mass is 281 g/mol. The van der Waals surface area contributed by atoms with Crippen molar-refractivity contribution in [3.05, 3.63) is 16.1 Å². The molecule has 1 N–H and O–H groups in total. The van der Waals surface area contributed by atoms with Gasteiger partial charge < -0.3 is 10.1 Å². The lowest BCUT2D eigenvalue weighted by molar-refractivity contribution is 0.169. The molecule has 3 heterocycles. The number of hydrogen-bond donors (Lipinski definition) is 1. The number of ether oxygens (including phenoxy) is 1.